The van der Waals surface area contributed by atoms with E-state index in [-0.39, 0.29) is 11.4 Å². The van der Waals surface area contributed by atoms with E-state index in [2.05, 4.69) is 17.1 Å². The van der Waals surface area contributed by atoms with Gasteiger partial charge in [0.15, 0.2) is 0 Å². The van der Waals surface area contributed by atoms with E-state index in [1.54, 1.807) is 14.0 Å². The zero-order valence-corrected chi connectivity index (χ0v) is 8.52. The molecule has 0 bridgehead atoms. The molecule has 1 aliphatic heterocycles. The van der Waals surface area contributed by atoms with Crippen molar-refractivity contribution in [2.24, 2.45) is 5.10 Å². The molecule has 15 heavy (non-hydrogen) atoms. The molecule has 0 radical (unpaired) electrons. The minimum absolute atomic E-state index is 0.0359. The Bertz CT molecular complexity index is 328. The fourth-order valence-electron chi connectivity index (χ4n) is 1.22. The molecule has 0 aromatic heterocycles. The molecule has 0 aliphatic carbocycles. The van der Waals surface area contributed by atoms with Crippen LogP contribution in [0.5, 0.6) is 0 Å². The third-order valence-electron chi connectivity index (χ3n) is 2.11. The Morgan fingerprint density at radius 1 is 1.53 bits per heavy atom. The van der Waals surface area contributed by atoms with Gasteiger partial charge < -0.3 is 4.90 Å². The van der Waals surface area contributed by atoms with Crippen molar-refractivity contribution in [1.82, 2.24) is 10.3 Å². The highest BCUT2D eigenvalue weighted by atomic mass is 19.4. The minimum atomic E-state index is -4.42. The van der Waals surface area contributed by atoms with Crippen molar-refractivity contribution >= 4 is 6.21 Å². The molecule has 6 heteroatoms. The Hall–Kier alpha value is -1.46. The van der Waals surface area contributed by atoms with Crippen molar-refractivity contribution in [2.45, 2.75) is 13.1 Å². The van der Waals surface area contributed by atoms with Gasteiger partial charge in [0.05, 0.1) is 17.6 Å². The number of hydrogen-bond acceptors (Lipinski definition) is 3. The predicted molar refractivity (Wildman–Crippen MR) is 52.2 cm³/mol. The molecule has 1 aliphatic rings. The third-order valence-corrected chi connectivity index (χ3v) is 2.11. The molecule has 0 aromatic carbocycles. The second kappa shape index (κ2) is 3.96. The summed E-state index contributed by atoms with van der Waals surface area (Å²) in [5.74, 6) is 0. The maximum atomic E-state index is 12.7. The summed E-state index contributed by atoms with van der Waals surface area (Å²) in [5, 5.41) is 3.60. The Kier molecular flexibility index (Phi) is 3.06. The molecule has 0 fully saturated rings. The van der Waals surface area contributed by atoms with Crippen LogP contribution in [0.2, 0.25) is 0 Å². The van der Waals surface area contributed by atoms with Gasteiger partial charge in [-0.15, -0.1) is 0 Å². The van der Waals surface area contributed by atoms with Crippen LogP contribution in [0.4, 0.5) is 13.2 Å². The van der Waals surface area contributed by atoms with Gasteiger partial charge in [-0.2, -0.15) is 18.3 Å². The smallest absolute Gasteiger partial charge is 0.373 e. The third kappa shape index (κ3) is 2.31. The first-order valence-corrected chi connectivity index (χ1v) is 4.39. The van der Waals surface area contributed by atoms with Crippen LogP contribution >= 0.6 is 0 Å². The van der Waals surface area contributed by atoms with Crippen LogP contribution in [0.1, 0.15) is 6.92 Å². The summed E-state index contributed by atoms with van der Waals surface area (Å²) in [6, 6.07) is 0. The quantitative estimate of drug-likeness (QED) is 0.767. The Labute approximate surface area is 85.9 Å². The molecule has 0 aromatic rings. The first kappa shape index (κ1) is 11.6. The number of nitrogens with zero attached hydrogens (tertiary/aromatic N) is 2. The number of hydrogen-bond donors (Lipinski definition) is 1. The average molecular weight is 219 g/mol. The monoisotopic (exact) mass is 219 g/mol. The second-order valence-corrected chi connectivity index (χ2v) is 3.12. The van der Waals surface area contributed by atoms with E-state index in [0.717, 1.165) is 6.21 Å². The van der Waals surface area contributed by atoms with E-state index in [0.29, 0.717) is 6.54 Å². The maximum Gasteiger partial charge on any atom is 0.420 e. The van der Waals surface area contributed by atoms with Crippen LogP contribution in [0.15, 0.2) is 28.6 Å². The van der Waals surface area contributed by atoms with Crippen LogP contribution in [-0.4, -0.2) is 30.9 Å². The molecule has 0 amide bonds. The first-order chi connectivity index (χ1) is 6.88. The van der Waals surface area contributed by atoms with E-state index in [4.69, 9.17) is 0 Å². The normalized spacial score (nSPS) is 16.7. The summed E-state index contributed by atoms with van der Waals surface area (Å²) in [5.41, 5.74) is 1.27. The standard InChI is InChI=1S/C9H12F3N3/c1-4-15(3)7-5-13-14-6(2)8(7)9(10,11)12/h5,14H,2,4H2,1,3H3. The fourth-order valence-corrected chi connectivity index (χ4v) is 1.22. The zero-order valence-electron chi connectivity index (χ0n) is 8.52. The SMILES string of the molecule is C=C1NN=CC(N(C)CC)=C1C(F)(F)F. The number of nitrogens with one attached hydrogen (secondary N) is 1. The molecule has 0 unspecified atom stereocenters. The lowest BCUT2D eigenvalue weighted by Crippen LogP contribution is -2.31. The number of halogens is 3. The first-order valence-electron chi connectivity index (χ1n) is 4.39. The van der Waals surface area contributed by atoms with Crippen molar-refractivity contribution in [3.8, 4) is 0 Å². The molecule has 0 saturated carbocycles. The summed E-state index contributed by atoms with van der Waals surface area (Å²) in [7, 11) is 1.58. The Morgan fingerprint density at radius 3 is 2.60 bits per heavy atom. The molecule has 84 valence electrons. The Morgan fingerprint density at radius 2 is 2.13 bits per heavy atom. The van der Waals surface area contributed by atoms with Crippen molar-refractivity contribution in [3.05, 3.63) is 23.5 Å². The minimum Gasteiger partial charge on any atom is -0.373 e. The predicted octanol–water partition coefficient (Wildman–Crippen LogP) is 1.86. The molecule has 3 nitrogen and oxygen atoms in total. The van der Waals surface area contributed by atoms with Gasteiger partial charge >= 0.3 is 6.18 Å². The highest BCUT2D eigenvalue weighted by Crippen LogP contribution is 2.33. The summed E-state index contributed by atoms with van der Waals surface area (Å²) >= 11 is 0. The van der Waals surface area contributed by atoms with Crippen LogP contribution in [0, 0.1) is 0 Å². The van der Waals surface area contributed by atoms with Crippen LogP contribution in [-0.2, 0) is 0 Å². The van der Waals surface area contributed by atoms with Gasteiger partial charge in [0.1, 0.15) is 5.57 Å². The largest absolute Gasteiger partial charge is 0.420 e. The number of allylic oxidation sites excluding steroid dienone is 2. The lowest BCUT2D eigenvalue weighted by molar-refractivity contribution is -0.0914. The highest BCUT2D eigenvalue weighted by molar-refractivity contribution is 5.82. The maximum absolute atomic E-state index is 12.7. The molecular weight excluding hydrogens is 207 g/mol. The van der Waals surface area contributed by atoms with Crippen molar-refractivity contribution < 1.29 is 13.2 Å². The summed E-state index contributed by atoms with van der Waals surface area (Å²) < 4.78 is 38.1. The van der Waals surface area contributed by atoms with E-state index < -0.39 is 11.7 Å². The summed E-state index contributed by atoms with van der Waals surface area (Å²) in [6.45, 7) is 5.53. The molecule has 1 N–H and O–H groups in total. The number of rotatable bonds is 2. The number of hydrazone groups is 1. The van der Waals surface area contributed by atoms with E-state index in [9.17, 15) is 13.2 Å². The van der Waals surface area contributed by atoms with E-state index >= 15 is 0 Å². The van der Waals surface area contributed by atoms with Gasteiger partial charge in [0, 0.05) is 13.6 Å². The summed E-state index contributed by atoms with van der Waals surface area (Å²) in [4.78, 5) is 1.47. The van der Waals surface area contributed by atoms with Gasteiger partial charge in [-0.25, -0.2) is 0 Å². The highest BCUT2D eigenvalue weighted by Gasteiger charge is 2.39. The average Bonchev–Trinajstić information content (AvgIpc) is 2.14. The van der Waals surface area contributed by atoms with Crippen molar-refractivity contribution in [2.75, 3.05) is 13.6 Å². The molecular formula is C9H12F3N3. The van der Waals surface area contributed by atoms with Crippen LogP contribution in [0.3, 0.4) is 0 Å². The summed E-state index contributed by atoms with van der Waals surface area (Å²) in [6.07, 6.45) is -3.27. The molecule has 1 heterocycles. The van der Waals surface area contributed by atoms with Gasteiger partial charge in [0.25, 0.3) is 0 Å². The zero-order chi connectivity index (χ0) is 11.6. The molecule has 0 spiro atoms. The topological polar surface area (TPSA) is 27.6 Å². The van der Waals surface area contributed by atoms with E-state index in [1.807, 2.05) is 0 Å². The van der Waals surface area contributed by atoms with Gasteiger partial charge in [0.2, 0.25) is 0 Å². The van der Waals surface area contributed by atoms with E-state index in [1.165, 1.54) is 4.90 Å². The van der Waals surface area contributed by atoms with Crippen molar-refractivity contribution in [1.29, 1.82) is 0 Å². The fraction of sp³-hybridized carbons (Fsp3) is 0.444. The lowest BCUT2D eigenvalue weighted by Gasteiger charge is -2.26. The van der Waals surface area contributed by atoms with Gasteiger partial charge in [-0.05, 0) is 6.92 Å². The van der Waals surface area contributed by atoms with Gasteiger partial charge in [-0.3, -0.25) is 5.43 Å². The lowest BCUT2D eigenvalue weighted by atomic mass is 10.1. The number of alkyl halides is 3. The second-order valence-electron chi connectivity index (χ2n) is 3.12. The van der Waals surface area contributed by atoms with Crippen molar-refractivity contribution in [3.63, 3.8) is 0 Å². The molecule has 0 atom stereocenters. The Balaban J connectivity index is 3.23. The van der Waals surface area contributed by atoms with Gasteiger partial charge in [-0.1, -0.05) is 6.58 Å². The molecule has 1 rings (SSSR count). The molecule has 0 saturated heterocycles. The van der Waals surface area contributed by atoms with Crippen LogP contribution in [0.25, 0.3) is 0 Å². The van der Waals surface area contributed by atoms with Crippen LogP contribution < -0.4 is 5.43 Å².